The van der Waals surface area contributed by atoms with E-state index >= 15 is 0 Å². The zero-order chi connectivity index (χ0) is 16.0. The van der Waals surface area contributed by atoms with Crippen molar-refractivity contribution in [3.8, 4) is 11.5 Å². The first-order chi connectivity index (χ1) is 10.6. The molecule has 0 atom stereocenters. The number of methoxy groups -OCH3 is 3. The van der Waals surface area contributed by atoms with Gasteiger partial charge in [-0.1, -0.05) is 0 Å². The zero-order valence-corrected chi connectivity index (χ0v) is 13.4. The minimum atomic E-state index is -0.479. The van der Waals surface area contributed by atoms with Gasteiger partial charge >= 0.3 is 0 Å². The minimum absolute atomic E-state index is 0.0110. The van der Waals surface area contributed by atoms with Gasteiger partial charge in [-0.25, -0.2) is 0 Å². The summed E-state index contributed by atoms with van der Waals surface area (Å²) in [5.41, 5.74) is 0.212. The van der Waals surface area contributed by atoms with E-state index in [-0.39, 0.29) is 5.91 Å². The summed E-state index contributed by atoms with van der Waals surface area (Å²) in [5, 5.41) is 6.26. The quantitative estimate of drug-likeness (QED) is 0.836. The van der Waals surface area contributed by atoms with Crippen molar-refractivity contribution in [1.29, 1.82) is 0 Å². The van der Waals surface area contributed by atoms with Crippen LogP contribution >= 0.6 is 0 Å². The summed E-state index contributed by atoms with van der Waals surface area (Å²) in [4.78, 5) is 12.7. The highest BCUT2D eigenvalue weighted by molar-refractivity contribution is 5.95. The van der Waals surface area contributed by atoms with Crippen molar-refractivity contribution in [3.63, 3.8) is 0 Å². The van der Waals surface area contributed by atoms with Gasteiger partial charge in [0.15, 0.2) is 11.5 Å². The lowest BCUT2D eigenvalue weighted by Crippen LogP contribution is -2.47. The summed E-state index contributed by atoms with van der Waals surface area (Å²) < 4.78 is 15.8. The molecule has 0 saturated carbocycles. The second-order valence-electron chi connectivity index (χ2n) is 5.49. The number of carbonyl (C=O) groups excluding carboxylic acids is 1. The van der Waals surface area contributed by atoms with E-state index in [4.69, 9.17) is 14.2 Å². The molecule has 22 heavy (non-hydrogen) atoms. The average molecular weight is 308 g/mol. The van der Waals surface area contributed by atoms with Crippen LogP contribution in [0.3, 0.4) is 0 Å². The topological polar surface area (TPSA) is 68.8 Å². The summed E-state index contributed by atoms with van der Waals surface area (Å²) in [6.07, 6.45) is 1.53. The molecule has 0 radical (unpaired) electrons. The third kappa shape index (κ3) is 3.51. The van der Waals surface area contributed by atoms with E-state index in [0.29, 0.717) is 23.8 Å². The van der Waals surface area contributed by atoms with Crippen LogP contribution < -0.4 is 20.1 Å². The minimum Gasteiger partial charge on any atom is -0.493 e. The molecule has 0 aromatic heterocycles. The standard InChI is InChI=1S/C16H24N2O4/c1-20-11-16(6-8-17-9-7-16)15(19)18-12-4-5-13(21-2)14(10-12)22-3/h4-5,10,17H,6-9,11H2,1-3H3,(H,18,19). The number of benzene rings is 1. The van der Waals surface area contributed by atoms with Gasteiger partial charge in [0, 0.05) is 18.9 Å². The molecule has 0 aliphatic carbocycles. The van der Waals surface area contributed by atoms with Crippen molar-refractivity contribution in [2.45, 2.75) is 12.8 Å². The highest BCUT2D eigenvalue weighted by Gasteiger charge is 2.39. The average Bonchev–Trinajstić information content (AvgIpc) is 2.55. The van der Waals surface area contributed by atoms with E-state index in [1.54, 1.807) is 39.5 Å². The molecule has 0 bridgehead atoms. The van der Waals surface area contributed by atoms with Crippen molar-refractivity contribution < 1.29 is 19.0 Å². The summed E-state index contributed by atoms with van der Waals surface area (Å²) in [6, 6.07) is 5.35. The summed E-state index contributed by atoms with van der Waals surface area (Å²) in [5.74, 6) is 1.21. The Morgan fingerprint density at radius 1 is 1.18 bits per heavy atom. The molecular weight excluding hydrogens is 284 g/mol. The molecule has 1 aromatic carbocycles. The number of ether oxygens (including phenoxy) is 3. The van der Waals surface area contributed by atoms with E-state index in [1.165, 1.54) is 0 Å². The Morgan fingerprint density at radius 2 is 1.86 bits per heavy atom. The fourth-order valence-corrected chi connectivity index (χ4v) is 2.80. The molecule has 1 aromatic rings. The van der Waals surface area contributed by atoms with Crippen LogP contribution in [-0.2, 0) is 9.53 Å². The molecule has 6 nitrogen and oxygen atoms in total. The summed E-state index contributed by atoms with van der Waals surface area (Å²) in [6.45, 7) is 2.07. The number of rotatable bonds is 6. The van der Waals surface area contributed by atoms with E-state index in [0.717, 1.165) is 25.9 Å². The van der Waals surface area contributed by atoms with Crippen molar-refractivity contribution in [2.75, 3.05) is 46.3 Å². The van der Waals surface area contributed by atoms with Gasteiger partial charge in [0.25, 0.3) is 0 Å². The highest BCUT2D eigenvalue weighted by Crippen LogP contribution is 2.33. The Morgan fingerprint density at radius 3 is 2.45 bits per heavy atom. The Hall–Kier alpha value is -1.79. The van der Waals surface area contributed by atoms with Crippen molar-refractivity contribution >= 4 is 11.6 Å². The number of hydrogen-bond acceptors (Lipinski definition) is 5. The van der Waals surface area contributed by atoms with Crippen LogP contribution in [0.1, 0.15) is 12.8 Å². The Balaban J connectivity index is 2.15. The number of nitrogens with one attached hydrogen (secondary N) is 2. The molecule has 1 amide bonds. The predicted molar refractivity (Wildman–Crippen MR) is 84.6 cm³/mol. The fourth-order valence-electron chi connectivity index (χ4n) is 2.80. The maximum Gasteiger partial charge on any atom is 0.233 e. The third-order valence-corrected chi connectivity index (χ3v) is 4.10. The first kappa shape index (κ1) is 16.6. The summed E-state index contributed by atoms with van der Waals surface area (Å²) >= 11 is 0. The van der Waals surface area contributed by atoms with Gasteiger partial charge in [-0.3, -0.25) is 4.79 Å². The molecule has 122 valence electrons. The lowest BCUT2D eigenvalue weighted by Gasteiger charge is -2.35. The van der Waals surface area contributed by atoms with E-state index in [1.807, 2.05) is 0 Å². The fraction of sp³-hybridized carbons (Fsp3) is 0.562. The van der Waals surface area contributed by atoms with Crippen LogP contribution in [0, 0.1) is 5.41 Å². The van der Waals surface area contributed by atoms with Crippen LogP contribution in [0.2, 0.25) is 0 Å². The van der Waals surface area contributed by atoms with Crippen LogP contribution in [0.4, 0.5) is 5.69 Å². The van der Waals surface area contributed by atoms with Crippen molar-refractivity contribution in [2.24, 2.45) is 5.41 Å². The predicted octanol–water partition coefficient (Wildman–Crippen LogP) is 1.66. The number of piperidine rings is 1. The van der Waals surface area contributed by atoms with Gasteiger partial charge in [-0.05, 0) is 38.1 Å². The van der Waals surface area contributed by atoms with Gasteiger partial charge in [0.2, 0.25) is 5.91 Å². The molecule has 6 heteroatoms. The molecule has 1 heterocycles. The molecule has 1 aliphatic heterocycles. The highest BCUT2D eigenvalue weighted by atomic mass is 16.5. The molecule has 2 N–H and O–H groups in total. The Bertz CT molecular complexity index is 507. The normalized spacial score (nSPS) is 16.9. The second kappa shape index (κ2) is 7.47. The lowest BCUT2D eigenvalue weighted by atomic mass is 9.78. The summed E-state index contributed by atoms with van der Waals surface area (Å²) in [7, 11) is 4.79. The van der Waals surface area contributed by atoms with Gasteiger partial charge in [0.05, 0.1) is 26.2 Å². The number of carbonyl (C=O) groups is 1. The van der Waals surface area contributed by atoms with Crippen LogP contribution in [-0.4, -0.2) is 46.9 Å². The maximum atomic E-state index is 12.7. The van der Waals surface area contributed by atoms with Crippen LogP contribution in [0.5, 0.6) is 11.5 Å². The number of amides is 1. The largest absolute Gasteiger partial charge is 0.493 e. The molecule has 1 fully saturated rings. The number of anilines is 1. The maximum absolute atomic E-state index is 12.7. The Labute approximate surface area is 131 Å². The van der Waals surface area contributed by atoms with Crippen molar-refractivity contribution in [1.82, 2.24) is 5.32 Å². The van der Waals surface area contributed by atoms with Gasteiger partial charge in [-0.2, -0.15) is 0 Å². The third-order valence-electron chi connectivity index (χ3n) is 4.10. The smallest absolute Gasteiger partial charge is 0.233 e. The first-order valence-corrected chi connectivity index (χ1v) is 7.38. The van der Waals surface area contributed by atoms with E-state index < -0.39 is 5.41 Å². The number of hydrogen-bond donors (Lipinski definition) is 2. The monoisotopic (exact) mass is 308 g/mol. The second-order valence-corrected chi connectivity index (χ2v) is 5.49. The van der Waals surface area contributed by atoms with Crippen molar-refractivity contribution in [3.05, 3.63) is 18.2 Å². The molecule has 0 unspecified atom stereocenters. The van der Waals surface area contributed by atoms with Gasteiger partial charge in [-0.15, -0.1) is 0 Å². The first-order valence-electron chi connectivity index (χ1n) is 7.38. The van der Waals surface area contributed by atoms with Gasteiger partial charge < -0.3 is 24.8 Å². The zero-order valence-electron chi connectivity index (χ0n) is 13.4. The Kier molecular flexibility index (Phi) is 5.63. The van der Waals surface area contributed by atoms with E-state index in [2.05, 4.69) is 10.6 Å². The molecular formula is C16H24N2O4. The van der Waals surface area contributed by atoms with Gasteiger partial charge in [0.1, 0.15) is 0 Å². The van der Waals surface area contributed by atoms with Crippen LogP contribution in [0.15, 0.2) is 18.2 Å². The molecule has 1 aliphatic rings. The van der Waals surface area contributed by atoms with Crippen LogP contribution in [0.25, 0.3) is 0 Å². The molecule has 2 rings (SSSR count). The lowest BCUT2D eigenvalue weighted by molar-refractivity contribution is -0.130. The SMILES string of the molecule is COCC1(C(=O)Nc2ccc(OC)c(OC)c2)CCNCC1. The molecule has 1 saturated heterocycles. The molecule has 0 spiro atoms. The van der Waals surface area contributed by atoms with E-state index in [9.17, 15) is 4.79 Å².